The van der Waals surface area contributed by atoms with Crippen LogP contribution in [0.25, 0.3) is 0 Å². The van der Waals surface area contributed by atoms with E-state index in [0.717, 1.165) is 25.7 Å². The molecule has 18 heavy (non-hydrogen) atoms. The van der Waals surface area contributed by atoms with Crippen LogP contribution < -0.4 is 0 Å². The summed E-state index contributed by atoms with van der Waals surface area (Å²) in [6.07, 6.45) is 5.09. The van der Waals surface area contributed by atoms with Gasteiger partial charge < -0.3 is 9.47 Å². The van der Waals surface area contributed by atoms with Gasteiger partial charge in [0, 0.05) is 25.9 Å². The highest BCUT2D eigenvalue weighted by Crippen LogP contribution is 2.34. The lowest BCUT2D eigenvalue weighted by Crippen LogP contribution is -2.49. The van der Waals surface area contributed by atoms with Gasteiger partial charge in [0.1, 0.15) is 0 Å². The van der Waals surface area contributed by atoms with Crippen LogP contribution in [0.1, 0.15) is 38.5 Å². The number of hydrogen-bond donors (Lipinski definition) is 0. The van der Waals surface area contributed by atoms with E-state index in [1.54, 1.807) is 4.31 Å². The molecule has 0 atom stereocenters. The van der Waals surface area contributed by atoms with Crippen molar-refractivity contribution in [2.75, 3.05) is 26.3 Å². The highest BCUT2D eigenvalue weighted by atomic mass is 32.2. The first kappa shape index (κ1) is 12.8. The van der Waals surface area contributed by atoms with Gasteiger partial charge >= 0.3 is 0 Å². The summed E-state index contributed by atoms with van der Waals surface area (Å²) in [4.78, 5) is 0. The number of hydrogen-bond acceptors (Lipinski definition) is 4. The molecule has 2 heterocycles. The zero-order valence-electron chi connectivity index (χ0n) is 10.6. The Balaban J connectivity index is 1.65. The maximum Gasteiger partial charge on any atom is 0.216 e. The summed E-state index contributed by atoms with van der Waals surface area (Å²) < 4.78 is 37.8. The largest absolute Gasteiger partial charge is 0.347 e. The van der Waals surface area contributed by atoms with Crippen LogP contribution >= 0.6 is 0 Å². The number of nitrogens with zero attached hydrogens (tertiary/aromatic N) is 1. The van der Waals surface area contributed by atoms with Crippen molar-refractivity contribution >= 4 is 10.0 Å². The number of sulfonamides is 1. The molecule has 0 radical (unpaired) electrons. The van der Waals surface area contributed by atoms with Crippen LogP contribution in [0.2, 0.25) is 0 Å². The summed E-state index contributed by atoms with van der Waals surface area (Å²) >= 11 is 0. The van der Waals surface area contributed by atoms with E-state index < -0.39 is 15.8 Å². The Kier molecular flexibility index (Phi) is 3.38. The molecule has 3 fully saturated rings. The van der Waals surface area contributed by atoms with Gasteiger partial charge in [-0.2, -0.15) is 0 Å². The van der Waals surface area contributed by atoms with Gasteiger partial charge in [0.05, 0.1) is 18.5 Å². The topological polar surface area (TPSA) is 55.8 Å². The minimum Gasteiger partial charge on any atom is -0.347 e. The van der Waals surface area contributed by atoms with Crippen LogP contribution in [-0.2, 0) is 19.5 Å². The molecule has 3 rings (SSSR count). The summed E-state index contributed by atoms with van der Waals surface area (Å²) in [7, 11) is -3.09. The predicted molar refractivity (Wildman–Crippen MR) is 66.6 cm³/mol. The molecule has 0 aromatic heterocycles. The molecule has 104 valence electrons. The molecule has 2 saturated heterocycles. The lowest BCUT2D eigenvalue weighted by atomic mass is 10.1. The first-order chi connectivity index (χ1) is 8.62. The normalized spacial score (nSPS) is 30.2. The number of rotatable bonds is 2. The van der Waals surface area contributed by atoms with Crippen molar-refractivity contribution in [2.24, 2.45) is 0 Å². The highest BCUT2D eigenvalue weighted by molar-refractivity contribution is 7.89. The molecule has 1 aliphatic carbocycles. The minimum absolute atomic E-state index is 0.142. The predicted octanol–water partition coefficient (Wildman–Crippen LogP) is 1.10. The molecule has 0 bridgehead atoms. The van der Waals surface area contributed by atoms with Gasteiger partial charge in [-0.25, -0.2) is 12.7 Å². The van der Waals surface area contributed by atoms with E-state index in [1.165, 1.54) is 0 Å². The van der Waals surface area contributed by atoms with Crippen LogP contribution in [0.5, 0.6) is 0 Å². The lowest BCUT2D eigenvalue weighted by molar-refractivity contribution is -0.179. The van der Waals surface area contributed by atoms with Crippen LogP contribution in [0, 0.1) is 0 Å². The Morgan fingerprint density at radius 1 is 1.00 bits per heavy atom. The fraction of sp³-hybridized carbons (Fsp3) is 1.00. The van der Waals surface area contributed by atoms with Crippen LogP contribution in [0.15, 0.2) is 0 Å². The molecule has 1 spiro atoms. The van der Waals surface area contributed by atoms with Gasteiger partial charge in [-0.1, -0.05) is 12.8 Å². The first-order valence-corrected chi connectivity index (χ1v) is 8.40. The first-order valence-electron chi connectivity index (χ1n) is 6.89. The third-order valence-corrected chi connectivity index (χ3v) is 6.78. The van der Waals surface area contributed by atoms with Gasteiger partial charge in [0.25, 0.3) is 0 Å². The van der Waals surface area contributed by atoms with Gasteiger partial charge in [0.2, 0.25) is 10.0 Å². The van der Waals surface area contributed by atoms with E-state index in [1.807, 2.05) is 0 Å². The molecule has 2 aliphatic heterocycles. The zero-order chi connectivity index (χ0) is 12.6. The van der Waals surface area contributed by atoms with E-state index in [0.29, 0.717) is 39.1 Å². The minimum atomic E-state index is -3.09. The monoisotopic (exact) mass is 275 g/mol. The van der Waals surface area contributed by atoms with E-state index in [-0.39, 0.29) is 5.25 Å². The van der Waals surface area contributed by atoms with Crippen molar-refractivity contribution in [3.05, 3.63) is 0 Å². The Bertz CT molecular complexity index is 386. The Morgan fingerprint density at radius 3 is 2.11 bits per heavy atom. The molecular formula is C12H21NO4S. The molecule has 3 aliphatic rings. The molecule has 0 aromatic carbocycles. The van der Waals surface area contributed by atoms with E-state index in [4.69, 9.17) is 9.47 Å². The number of ether oxygens (including phenoxy) is 2. The molecule has 6 heteroatoms. The van der Waals surface area contributed by atoms with Gasteiger partial charge in [-0.15, -0.1) is 0 Å². The lowest BCUT2D eigenvalue weighted by Gasteiger charge is -2.37. The van der Waals surface area contributed by atoms with Crippen LogP contribution in [-0.4, -0.2) is 50.1 Å². The highest BCUT2D eigenvalue weighted by Gasteiger charge is 2.44. The molecule has 0 aromatic rings. The SMILES string of the molecule is O=S(=O)(C1CCCC1)N1CCC2(CC1)OCCO2. The molecule has 5 nitrogen and oxygen atoms in total. The second-order valence-electron chi connectivity index (χ2n) is 5.46. The van der Waals surface area contributed by atoms with Crippen molar-refractivity contribution in [3.8, 4) is 0 Å². The summed E-state index contributed by atoms with van der Waals surface area (Å²) in [6.45, 7) is 2.35. The second-order valence-corrected chi connectivity index (χ2v) is 7.67. The Hall–Kier alpha value is -0.170. The molecule has 0 N–H and O–H groups in total. The fourth-order valence-corrected chi connectivity index (χ4v) is 5.31. The number of piperidine rings is 1. The second kappa shape index (κ2) is 4.74. The maximum absolute atomic E-state index is 12.4. The summed E-state index contributed by atoms with van der Waals surface area (Å²) in [5, 5.41) is -0.142. The van der Waals surface area contributed by atoms with Crippen molar-refractivity contribution in [1.82, 2.24) is 4.31 Å². The smallest absolute Gasteiger partial charge is 0.216 e. The van der Waals surface area contributed by atoms with E-state index >= 15 is 0 Å². The third-order valence-electron chi connectivity index (χ3n) is 4.38. The van der Waals surface area contributed by atoms with E-state index in [9.17, 15) is 8.42 Å². The van der Waals surface area contributed by atoms with E-state index in [2.05, 4.69) is 0 Å². The summed E-state index contributed by atoms with van der Waals surface area (Å²) in [5.74, 6) is -0.484. The van der Waals surface area contributed by atoms with Crippen molar-refractivity contribution in [2.45, 2.75) is 49.6 Å². The fourth-order valence-electron chi connectivity index (χ4n) is 3.26. The summed E-state index contributed by atoms with van der Waals surface area (Å²) in [5.41, 5.74) is 0. The third kappa shape index (κ3) is 2.19. The van der Waals surface area contributed by atoms with Gasteiger partial charge in [-0.3, -0.25) is 0 Å². The standard InChI is InChI=1S/C12H21NO4S/c14-18(15,11-3-1-2-4-11)13-7-5-12(6-8-13)16-9-10-17-12/h11H,1-10H2. The molecule has 1 saturated carbocycles. The van der Waals surface area contributed by atoms with Gasteiger partial charge in [0.15, 0.2) is 5.79 Å². The summed E-state index contributed by atoms with van der Waals surface area (Å²) in [6, 6.07) is 0. The Labute approximate surface area is 108 Å². The molecule has 0 amide bonds. The molecular weight excluding hydrogens is 254 g/mol. The quantitative estimate of drug-likeness (QED) is 0.757. The maximum atomic E-state index is 12.4. The average molecular weight is 275 g/mol. The van der Waals surface area contributed by atoms with Crippen molar-refractivity contribution < 1.29 is 17.9 Å². The zero-order valence-corrected chi connectivity index (χ0v) is 11.5. The van der Waals surface area contributed by atoms with Crippen LogP contribution in [0.3, 0.4) is 0 Å². The van der Waals surface area contributed by atoms with Crippen molar-refractivity contribution in [3.63, 3.8) is 0 Å². The Morgan fingerprint density at radius 2 is 1.56 bits per heavy atom. The molecule has 0 unspecified atom stereocenters. The van der Waals surface area contributed by atoms with Crippen molar-refractivity contribution in [1.29, 1.82) is 0 Å². The van der Waals surface area contributed by atoms with Gasteiger partial charge in [-0.05, 0) is 12.8 Å². The van der Waals surface area contributed by atoms with Crippen LogP contribution in [0.4, 0.5) is 0 Å². The average Bonchev–Trinajstić information content (AvgIpc) is 3.01.